The zero-order valence-electron chi connectivity index (χ0n) is 22.4. The zero-order valence-corrected chi connectivity index (χ0v) is 23.1. The van der Waals surface area contributed by atoms with Crippen LogP contribution in [0.4, 0.5) is 0 Å². The molecule has 1 saturated carbocycles. The maximum atomic E-state index is 13.8. The average Bonchev–Trinajstić information content (AvgIpc) is 3.37. The molecule has 5 rings (SSSR count). The van der Waals surface area contributed by atoms with Gasteiger partial charge < -0.3 is 19.7 Å². The Kier molecular flexibility index (Phi) is 8.17. The topological polar surface area (TPSA) is 86.0 Å². The average molecular weight is 542 g/mol. The molecule has 8 heteroatoms. The number of furan rings is 1. The maximum absolute atomic E-state index is 13.8. The summed E-state index contributed by atoms with van der Waals surface area (Å²) in [6.45, 7) is 4.75. The Morgan fingerprint density at radius 1 is 1.03 bits per heavy atom. The van der Waals surface area contributed by atoms with Crippen LogP contribution >= 0.6 is 11.6 Å². The third kappa shape index (κ3) is 5.65. The van der Waals surface area contributed by atoms with E-state index >= 15 is 0 Å². The summed E-state index contributed by atoms with van der Waals surface area (Å²) in [6, 6.07) is 10.9. The number of halogens is 1. The van der Waals surface area contributed by atoms with Crippen LogP contribution in [0.5, 0.6) is 0 Å². The largest absolute Gasteiger partial charge is 0.460 e. The quantitative estimate of drug-likeness (QED) is 0.483. The van der Waals surface area contributed by atoms with Crippen molar-refractivity contribution in [3.8, 4) is 11.3 Å². The van der Waals surface area contributed by atoms with Gasteiger partial charge in [0.15, 0.2) is 0 Å². The minimum absolute atomic E-state index is 0.0239. The predicted molar refractivity (Wildman–Crippen MR) is 148 cm³/mol. The number of benzene rings is 1. The normalized spacial score (nSPS) is 23.6. The van der Waals surface area contributed by atoms with Gasteiger partial charge in [-0.3, -0.25) is 14.5 Å². The first-order chi connectivity index (χ1) is 18.3. The second-order valence-electron chi connectivity index (χ2n) is 11.4. The molecule has 2 saturated heterocycles. The lowest BCUT2D eigenvalue weighted by Gasteiger charge is -2.52. The molecule has 2 N–H and O–H groups in total. The molecule has 1 atom stereocenters. The van der Waals surface area contributed by atoms with Crippen LogP contribution in [0, 0.1) is 0 Å². The molecule has 0 unspecified atom stereocenters. The van der Waals surface area contributed by atoms with Crippen molar-refractivity contribution in [2.75, 3.05) is 19.6 Å². The Hall–Kier alpha value is -2.35. The minimum Gasteiger partial charge on any atom is -0.460 e. The molecule has 7 nitrogen and oxygen atoms in total. The van der Waals surface area contributed by atoms with Gasteiger partial charge in [-0.1, -0.05) is 44.2 Å². The standard InChI is InChI=1S/C30H40ClN3O4/c1-2-3-17-34-27(35)25(20-29(37)13-5-4-6-14-29)32-28(36)30(34)15-18-33(19-16-30)21-24-11-12-26(38-24)22-7-9-23(31)10-8-22/h7-12,25,37H,2-6,13-21H2,1H3,(H,32,36)/t25-/m1/s1. The Labute approximate surface area is 230 Å². The van der Waals surface area contributed by atoms with E-state index in [0.29, 0.717) is 63.3 Å². The van der Waals surface area contributed by atoms with E-state index in [1.54, 1.807) is 0 Å². The number of piperazine rings is 1. The predicted octanol–water partition coefficient (Wildman–Crippen LogP) is 5.15. The van der Waals surface area contributed by atoms with E-state index in [9.17, 15) is 14.7 Å². The summed E-state index contributed by atoms with van der Waals surface area (Å²) in [5.41, 5.74) is -0.689. The first-order valence-corrected chi connectivity index (χ1v) is 14.6. The van der Waals surface area contributed by atoms with E-state index in [1.807, 2.05) is 41.3 Å². The zero-order chi connectivity index (χ0) is 26.8. The second kappa shape index (κ2) is 11.4. The molecule has 1 aromatic carbocycles. The molecule has 1 spiro atoms. The second-order valence-corrected chi connectivity index (χ2v) is 11.9. The number of amides is 2. The molecule has 0 radical (unpaired) electrons. The number of likely N-dealkylation sites (tertiary alicyclic amines) is 1. The van der Waals surface area contributed by atoms with Crippen LogP contribution in [-0.4, -0.2) is 63.5 Å². The van der Waals surface area contributed by atoms with Crippen molar-refractivity contribution < 1.29 is 19.1 Å². The molecular formula is C30H40ClN3O4. The third-order valence-corrected chi connectivity index (χ3v) is 9.02. The monoisotopic (exact) mass is 541 g/mol. The van der Waals surface area contributed by atoms with Crippen molar-refractivity contribution in [2.24, 2.45) is 0 Å². The number of aliphatic hydroxyl groups is 1. The van der Waals surface area contributed by atoms with Gasteiger partial charge in [-0.05, 0) is 68.5 Å². The highest BCUT2D eigenvalue weighted by molar-refractivity contribution is 6.30. The van der Waals surface area contributed by atoms with Crippen LogP contribution in [0.2, 0.25) is 5.02 Å². The fourth-order valence-electron chi connectivity index (χ4n) is 6.48. The van der Waals surface area contributed by atoms with Gasteiger partial charge in [0.1, 0.15) is 23.1 Å². The van der Waals surface area contributed by atoms with Crippen molar-refractivity contribution in [3.05, 3.63) is 47.2 Å². The Morgan fingerprint density at radius 2 is 1.74 bits per heavy atom. The van der Waals surface area contributed by atoms with E-state index in [2.05, 4.69) is 17.1 Å². The summed E-state index contributed by atoms with van der Waals surface area (Å²) in [4.78, 5) is 31.6. The first kappa shape index (κ1) is 27.2. The van der Waals surface area contributed by atoms with Gasteiger partial charge in [0.25, 0.3) is 0 Å². The Balaban J connectivity index is 1.25. The van der Waals surface area contributed by atoms with Crippen LogP contribution in [0.25, 0.3) is 11.3 Å². The van der Waals surface area contributed by atoms with E-state index in [0.717, 1.165) is 49.2 Å². The van der Waals surface area contributed by atoms with Crippen LogP contribution in [-0.2, 0) is 16.1 Å². The fourth-order valence-corrected chi connectivity index (χ4v) is 6.61. The number of hydrogen-bond donors (Lipinski definition) is 2. The number of rotatable bonds is 8. The molecule has 206 valence electrons. The maximum Gasteiger partial charge on any atom is 0.246 e. The third-order valence-electron chi connectivity index (χ3n) is 8.77. The highest BCUT2D eigenvalue weighted by Gasteiger charge is 2.54. The number of piperidine rings is 1. The van der Waals surface area contributed by atoms with Crippen molar-refractivity contribution in [1.82, 2.24) is 15.1 Å². The van der Waals surface area contributed by atoms with Crippen LogP contribution in [0.3, 0.4) is 0 Å². The first-order valence-electron chi connectivity index (χ1n) is 14.2. The fraction of sp³-hybridized carbons (Fsp3) is 0.600. The smallest absolute Gasteiger partial charge is 0.246 e. The summed E-state index contributed by atoms with van der Waals surface area (Å²) in [7, 11) is 0. The van der Waals surface area contributed by atoms with Gasteiger partial charge in [-0.2, -0.15) is 0 Å². The van der Waals surface area contributed by atoms with Crippen LogP contribution in [0.1, 0.15) is 76.9 Å². The lowest BCUT2D eigenvalue weighted by atomic mass is 9.77. The SMILES string of the molecule is CCCCN1C(=O)[C@@H](CC2(O)CCCCC2)NC(=O)C12CCN(Cc1ccc(-c3ccc(Cl)cc3)o1)CC2. The Bertz CT molecular complexity index is 1120. The lowest BCUT2D eigenvalue weighted by Crippen LogP contribution is -2.73. The summed E-state index contributed by atoms with van der Waals surface area (Å²) >= 11 is 6.01. The van der Waals surface area contributed by atoms with Gasteiger partial charge in [0, 0.05) is 36.6 Å². The van der Waals surface area contributed by atoms with Crippen molar-refractivity contribution >= 4 is 23.4 Å². The van der Waals surface area contributed by atoms with Gasteiger partial charge in [-0.15, -0.1) is 0 Å². The van der Waals surface area contributed by atoms with Crippen molar-refractivity contribution in [3.63, 3.8) is 0 Å². The molecule has 0 bridgehead atoms. The molecule has 3 fully saturated rings. The highest BCUT2D eigenvalue weighted by atomic mass is 35.5. The molecule has 3 aliphatic rings. The van der Waals surface area contributed by atoms with Gasteiger partial charge in [-0.25, -0.2) is 0 Å². The Morgan fingerprint density at radius 3 is 2.42 bits per heavy atom. The molecule has 2 aromatic rings. The lowest BCUT2D eigenvalue weighted by molar-refractivity contribution is -0.163. The summed E-state index contributed by atoms with van der Waals surface area (Å²) < 4.78 is 6.11. The van der Waals surface area contributed by atoms with Gasteiger partial charge in [0.05, 0.1) is 12.1 Å². The number of nitrogens with one attached hydrogen (secondary N) is 1. The van der Waals surface area contributed by atoms with Gasteiger partial charge in [0.2, 0.25) is 11.8 Å². The minimum atomic E-state index is -0.857. The molecular weight excluding hydrogens is 502 g/mol. The van der Waals surface area contributed by atoms with Crippen molar-refractivity contribution in [2.45, 2.75) is 94.9 Å². The van der Waals surface area contributed by atoms with Gasteiger partial charge >= 0.3 is 0 Å². The van der Waals surface area contributed by atoms with Crippen LogP contribution < -0.4 is 5.32 Å². The summed E-state index contributed by atoms with van der Waals surface area (Å²) in [6.07, 6.45) is 7.79. The molecule has 1 aliphatic carbocycles. The number of carbonyl (C=O) groups is 2. The molecule has 2 amide bonds. The molecule has 38 heavy (non-hydrogen) atoms. The number of unbranched alkanes of at least 4 members (excludes halogenated alkanes) is 1. The number of nitrogens with zero attached hydrogens (tertiary/aromatic N) is 2. The van der Waals surface area contributed by atoms with Crippen molar-refractivity contribution in [1.29, 1.82) is 0 Å². The molecule has 1 aromatic heterocycles. The van der Waals surface area contributed by atoms with E-state index in [-0.39, 0.29) is 11.8 Å². The molecule has 2 aliphatic heterocycles. The highest BCUT2D eigenvalue weighted by Crippen LogP contribution is 2.38. The number of carbonyl (C=O) groups excluding carboxylic acids is 2. The summed E-state index contributed by atoms with van der Waals surface area (Å²) in [5, 5.41) is 14.9. The number of hydrogen-bond acceptors (Lipinski definition) is 5. The van der Waals surface area contributed by atoms with Crippen LogP contribution in [0.15, 0.2) is 40.8 Å². The molecule has 3 heterocycles. The van der Waals surface area contributed by atoms with E-state index in [4.69, 9.17) is 16.0 Å². The summed E-state index contributed by atoms with van der Waals surface area (Å²) in [5.74, 6) is 1.60. The van der Waals surface area contributed by atoms with E-state index in [1.165, 1.54) is 0 Å². The van der Waals surface area contributed by atoms with E-state index < -0.39 is 17.2 Å².